The van der Waals surface area contributed by atoms with Gasteiger partial charge in [0.25, 0.3) is 5.91 Å². The summed E-state index contributed by atoms with van der Waals surface area (Å²) in [6.07, 6.45) is 1.93. The van der Waals surface area contributed by atoms with E-state index in [0.29, 0.717) is 19.0 Å². The number of likely N-dealkylation sites (tertiary alicyclic amines) is 1. The Labute approximate surface area is 127 Å². The lowest BCUT2D eigenvalue weighted by atomic mass is 9.99. The van der Waals surface area contributed by atoms with E-state index in [1.807, 2.05) is 0 Å². The Morgan fingerprint density at radius 3 is 2.67 bits per heavy atom. The van der Waals surface area contributed by atoms with Crippen molar-refractivity contribution in [3.05, 3.63) is 34.6 Å². The van der Waals surface area contributed by atoms with Gasteiger partial charge in [-0.1, -0.05) is 18.5 Å². The zero-order chi connectivity index (χ0) is 15.4. The van der Waals surface area contributed by atoms with Gasteiger partial charge < -0.3 is 9.64 Å². The highest BCUT2D eigenvalue weighted by atomic mass is 35.5. The van der Waals surface area contributed by atoms with Crippen LogP contribution >= 0.6 is 11.6 Å². The molecule has 2 rings (SSSR count). The smallest absolute Gasteiger partial charge is 0.338 e. The molecule has 1 amide bonds. The van der Waals surface area contributed by atoms with Gasteiger partial charge in [-0.3, -0.25) is 4.79 Å². The summed E-state index contributed by atoms with van der Waals surface area (Å²) in [5, 5.41) is -0.152. The monoisotopic (exact) mass is 313 g/mol. The van der Waals surface area contributed by atoms with Crippen molar-refractivity contribution in [3.63, 3.8) is 0 Å². The van der Waals surface area contributed by atoms with Crippen LogP contribution in [0.25, 0.3) is 0 Å². The Balaban J connectivity index is 1.86. The normalized spacial score (nSPS) is 15.9. The molecule has 0 N–H and O–H groups in total. The Morgan fingerprint density at radius 1 is 1.38 bits per heavy atom. The number of benzene rings is 1. The van der Waals surface area contributed by atoms with Gasteiger partial charge in [0, 0.05) is 13.1 Å². The second kappa shape index (κ2) is 6.89. The number of nitrogens with zero attached hydrogens (tertiary/aromatic N) is 1. The van der Waals surface area contributed by atoms with Gasteiger partial charge in [-0.15, -0.1) is 0 Å². The van der Waals surface area contributed by atoms with E-state index < -0.39 is 11.8 Å². The molecule has 1 aromatic carbocycles. The summed E-state index contributed by atoms with van der Waals surface area (Å²) in [5.74, 6) is -0.872. The standard InChI is InChI=1S/C15H17ClFNO3/c1-10-4-6-18(7-5-10)14(19)9-21-15(20)11-2-3-13(17)12(16)8-11/h2-3,8,10H,4-7,9H2,1H3. The molecule has 0 unspecified atom stereocenters. The number of hydrogen-bond acceptors (Lipinski definition) is 3. The first-order valence-electron chi connectivity index (χ1n) is 6.87. The summed E-state index contributed by atoms with van der Waals surface area (Å²) >= 11 is 5.60. The zero-order valence-electron chi connectivity index (χ0n) is 11.8. The van der Waals surface area contributed by atoms with E-state index in [9.17, 15) is 14.0 Å². The van der Waals surface area contributed by atoms with Gasteiger partial charge in [-0.05, 0) is 37.0 Å². The third-order valence-corrected chi connectivity index (χ3v) is 3.91. The fourth-order valence-electron chi connectivity index (χ4n) is 2.18. The zero-order valence-corrected chi connectivity index (χ0v) is 12.5. The average molecular weight is 314 g/mol. The van der Waals surface area contributed by atoms with Crippen molar-refractivity contribution in [1.29, 1.82) is 0 Å². The van der Waals surface area contributed by atoms with Crippen molar-refractivity contribution in [3.8, 4) is 0 Å². The first-order chi connectivity index (χ1) is 9.97. The van der Waals surface area contributed by atoms with Gasteiger partial charge >= 0.3 is 5.97 Å². The molecule has 1 aliphatic heterocycles. The third-order valence-electron chi connectivity index (χ3n) is 3.62. The quantitative estimate of drug-likeness (QED) is 0.806. The number of hydrogen-bond donors (Lipinski definition) is 0. The molecule has 0 atom stereocenters. The molecule has 1 heterocycles. The van der Waals surface area contributed by atoms with E-state index in [0.717, 1.165) is 18.9 Å². The van der Waals surface area contributed by atoms with E-state index in [1.54, 1.807) is 4.90 Å². The van der Waals surface area contributed by atoms with Crippen molar-refractivity contribution in [2.24, 2.45) is 5.92 Å². The van der Waals surface area contributed by atoms with Crippen LogP contribution in [-0.2, 0) is 9.53 Å². The van der Waals surface area contributed by atoms with Crippen LogP contribution in [0, 0.1) is 11.7 Å². The molecule has 6 heteroatoms. The van der Waals surface area contributed by atoms with Gasteiger partial charge in [0.2, 0.25) is 0 Å². The molecular formula is C15H17ClFNO3. The highest BCUT2D eigenvalue weighted by molar-refractivity contribution is 6.31. The molecule has 1 aromatic rings. The molecule has 0 spiro atoms. The first kappa shape index (κ1) is 15.8. The second-order valence-electron chi connectivity index (χ2n) is 5.27. The van der Waals surface area contributed by atoms with Gasteiger partial charge in [0.1, 0.15) is 5.82 Å². The summed E-state index contributed by atoms with van der Waals surface area (Å²) in [5.41, 5.74) is 0.126. The van der Waals surface area contributed by atoms with E-state index >= 15 is 0 Å². The van der Waals surface area contributed by atoms with Gasteiger partial charge in [0.15, 0.2) is 6.61 Å². The predicted octanol–water partition coefficient (Wildman–Crippen LogP) is 2.89. The summed E-state index contributed by atoms with van der Waals surface area (Å²) < 4.78 is 18.0. The van der Waals surface area contributed by atoms with Crippen LogP contribution in [0.15, 0.2) is 18.2 Å². The van der Waals surface area contributed by atoms with Crippen LogP contribution in [0.3, 0.4) is 0 Å². The van der Waals surface area contributed by atoms with E-state index in [4.69, 9.17) is 16.3 Å². The lowest BCUT2D eigenvalue weighted by Crippen LogP contribution is -2.40. The summed E-state index contributed by atoms with van der Waals surface area (Å²) in [6, 6.07) is 3.55. The molecule has 114 valence electrons. The second-order valence-corrected chi connectivity index (χ2v) is 5.68. The van der Waals surface area contributed by atoms with Crippen molar-refractivity contribution in [2.45, 2.75) is 19.8 Å². The van der Waals surface area contributed by atoms with Crippen LogP contribution in [-0.4, -0.2) is 36.5 Å². The molecule has 1 fully saturated rings. The van der Waals surface area contributed by atoms with Crippen molar-refractivity contribution < 1.29 is 18.7 Å². The fraction of sp³-hybridized carbons (Fsp3) is 0.467. The molecule has 0 bridgehead atoms. The highest BCUT2D eigenvalue weighted by Crippen LogP contribution is 2.18. The lowest BCUT2D eigenvalue weighted by Gasteiger charge is -2.30. The van der Waals surface area contributed by atoms with Crippen LogP contribution < -0.4 is 0 Å². The maximum atomic E-state index is 13.0. The molecule has 0 saturated carbocycles. The van der Waals surface area contributed by atoms with Crippen molar-refractivity contribution in [1.82, 2.24) is 4.90 Å². The molecule has 1 saturated heterocycles. The lowest BCUT2D eigenvalue weighted by molar-refractivity contribution is -0.135. The van der Waals surface area contributed by atoms with Crippen LogP contribution in [0.5, 0.6) is 0 Å². The number of carbonyl (C=O) groups excluding carboxylic acids is 2. The largest absolute Gasteiger partial charge is 0.452 e. The van der Waals surface area contributed by atoms with E-state index in [-0.39, 0.29) is 23.1 Å². The minimum atomic E-state index is -0.685. The Hall–Kier alpha value is -1.62. The number of ether oxygens (including phenoxy) is 1. The molecule has 0 aliphatic carbocycles. The molecule has 0 radical (unpaired) electrons. The van der Waals surface area contributed by atoms with E-state index in [1.165, 1.54) is 12.1 Å². The number of carbonyl (C=O) groups is 2. The Bertz CT molecular complexity index is 542. The number of halogens is 2. The van der Waals surface area contributed by atoms with Gasteiger partial charge in [0.05, 0.1) is 10.6 Å². The third kappa shape index (κ3) is 4.17. The maximum Gasteiger partial charge on any atom is 0.338 e. The number of esters is 1. The highest BCUT2D eigenvalue weighted by Gasteiger charge is 2.21. The predicted molar refractivity (Wildman–Crippen MR) is 76.7 cm³/mol. The van der Waals surface area contributed by atoms with Crippen LogP contribution in [0.1, 0.15) is 30.1 Å². The summed E-state index contributed by atoms with van der Waals surface area (Å²) in [4.78, 5) is 25.4. The van der Waals surface area contributed by atoms with Crippen LogP contribution in [0.4, 0.5) is 4.39 Å². The number of amides is 1. The molecule has 4 nitrogen and oxygen atoms in total. The Morgan fingerprint density at radius 2 is 2.05 bits per heavy atom. The first-order valence-corrected chi connectivity index (χ1v) is 7.25. The molecule has 0 aromatic heterocycles. The molecular weight excluding hydrogens is 297 g/mol. The topological polar surface area (TPSA) is 46.6 Å². The molecule has 1 aliphatic rings. The van der Waals surface area contributed by atoms with Crippen molar-refractivity contribution >= 4 is 23.5 Å². The van der Waals surface area contributed by atoms with Gasteiger partial charge in [-0.2, -0.15) is 0 Å². The minimum absolute atomic E-state index is 0.126. The molecule has 21 heavy (non-hydrogen) atoms. The average Bonchev–Trinajstić information content (AvgIpc) is 2.48. The summed E-state index contributed by atoms with van der Waals surface area (Å²) in [6.45, 7) is 3.24. The minimum Gasteiger partial charge on any atom is -0.452 e. The maximum absolute atomic E-state index is 13.0. The summed E-state index contributed by atoms with van der Waals surface area (Å²) in [7, 11) is 0. The number of rotatable bonds is 3. The number of piperidine rings is 1. The van der Waals surface area contributed by atoms with Gasteiger partial charge in [-0.25, -0.2) is 9.18 Å². The SMILES string of the molecule is CC1CCN(C(=O)COC(=O)c2ccc(F)c(Cl)c2)CC1. The Kier molecular flexibility index (Phi) is 5.17. The van der Waals surface area contributed by atoms with Crippen molar-refractivity contribution in [2.75, 3.05) is 19.7 Å². The van der Waals surface area contributed by atoms with E-state index in [2.05, 4.69) is 6.92 Å². The van der Waals surface area contributed by atoms with Crippen LogP contribution in [0.2, 0.25) is 5.02 Å². The fourth-order valence-corrected chi connectivity index (χ4v) is 2.36.